The summed E-state index contributed by atoms with van der Waals surface area (Å²) in [5.74, 6) is 0.656. The summed E-state index contributed by atoms with van der Waals surface area (Å²) in [6.07, 6.45) is 3.32. The third kappa shape index (κ3) is 4.88. The molecule has 0 heterocycles. The van der Waals surface area contributed by atoms with E-state index in [1.54, 1.807) is 13.2 Å². The third-order valence-corrected chi connectivity index (χ3v) is 3.82. The van der Waals surface area contributed by atoms with Crippen LogP contribution in [0.5, 0.6) is 5.75 Å². The zero-order chi connectivity index (χ0) is 17.5. The van der Waals surface area contributed by atoms with Crippen molar-refractivity contribution in [3.8, 4) is 5.75 Å². The first-order valence-electron chi connectivity index (χ1n) is 7.86. The summed E-state index contributed by atoms with van der Waals surface area (Å²) < 4.78 is 5.17. The predicted molar refractivity (Wildman–Crippen MR) is 99.4 cm³/mol. The van der Waals surface area contributed by atoms with E-state index in [1.807, 2.05) is 38.4 Å². The van der Waals surface area contributed by atoms with Gasteiger partial charge in [-0.25, -0.2) is 0 Å². The smallest absolute Gasteiger partial charge is 0.244 e. The van der Waals surface area contributed by atoms with Crippen LogP contribution in [0, 0.1) is 6.92 Å². The molecule has 0 unspecified atom stereocenters. The number of rotatable bonds is 6. The molecule has 0 saturated heterocycles. The lowest BCUT2D eigenvalue weighted by Crippen LogP contribution is -2.21. The summed E-state index contributed by atoms with van der Waals surface area (Å²) >= 11 is 0. The molecule has 0 aromatic heterocycles. The Morgan fingerprint density at radius 1 is 1.21 bits per heavy atom. The Labute approximate surface area is 143 Å². The summed E-state index contributed by atoms with van der Waals surface area (Å²) in [5, 5.41) is 2.92. The number of carbonyl (C=O) groups excluding carboxylic acids is 1. The largest absolute Gasteiger partial charge is 0.497 e. The van der Waals surface area contributed by atoms with Crippen LogP contribution >= 0.6 is 0 Å². The van der Waals surface area contributed by atoms with Gasteiger partial charge in [0, 0.05) is 32.4 Å². The van der Waals surface area contributed by atoms with E-state index in [4.69, 9.17) is 4.74 Å². The van der Waals surface area contributed by atoms with E-state index in [0.717, 1.165) is 22.6 Å². The van der Waals surface area contributed by atoms with Crippen molar-refractivity contribution in [3.05, 3.63) is 65.2 Å². The lowest BCUT2D eigenvalue weighted by molar-refractivity contribution is -0.116. The normalized spacial score (nSPS) is 10.7. The molecule has 126 valence electrons. The number of hydrogen-bond acceptors (Lipinski definition) is 3. The van der Waals surface area contributed by atoms with E-state index in [9.17, 15) is 4.79 Å². The van der Waals surface area contributed by atoms with Crippen molar-refractivity contribution in [1.29, 1.82) is 0 Å². The van der Waals surface area contributed by atoms with Gasteiger partial charge in [-0.15, -0.1) is 0 Å². The van der Waals surface area contributed by atoms with Crippen LogP contribution in [0.2, 0.25) is 0 Å². The van der Waals surface area contributed by atoms with E-state index in [0.29, 0.717) is 6.54 Å². The maximum absolute atomic E-state index is 12.0. The topological polar surface area (TPSA) is 41.6 Å². The van der Waals surface area contributed by atoms with Gasteiger partial charge >= 0.3 is 0 Å². The number of ether oxygens (including phenoxy) is 1. The number of hydrogen-bond donors (Lipinski definition) is 1. The highest BCUT2D eigenvalue weighted by Crippen LogP contribution is 2.17. The molecule has 24 heavy (non-hydrogen) atoms. The summed E-state index contributed by atoms with van der Waals surface area (Å²) in [6.45, 7) is 2.57. The second-order valence-electron chi connectivity index (χ2n) is 5.83. The summed E-state index contributed by atoms with van der Waals surface area (Å²) in [6, 6.07) is 13.8. The van der Waals surface area contributed by atoms with Crippen LogP contribution in [0.25, 0.3) is 6.08 Å². The average Bonchev–Trinajstić information content (AvgIpc) is 2.58. The van der Waals surface area contributed by atoms with Crippen LogP contribution in [-0.2, 0) is 11.3 Å². The Kier molecular flexibility index (Phi) is 6.01. The van der Waals surface area contributed by atoms with E-state index < -0.39 is 0 Å². The molecule has 0 aliphatic heterocycles. The maximum Gasteiger partial charge on any atom is 0.244 e. The molecule has 1 N–H and O–H groups in total. The van der Waals surface area contributed by atoms with Crippen LogP contribution < -0.4 is 15.0 Å². The average molecular weight is 324 g/mol. The fraction of sp³-hybridized carbons (Fsp3) is 0.250. The van der Waals surface area contributed by atoms with E-state index >= 15 is 0 Å². The van der Waals surface area contributed by atoms with Crippen molar-refractivity contribution in [2.75, 3.05) is 26.1 Å². The first-order valence-corrected chi connectivity index (χ1v) is 7.86. The molecular weight excluding hydrogens is 300 g/mol. The first kappa shape index (κ1) is 17.6. The van der Waals surface area contributed by atoms with Gasteiger partial charge < -0.3 is 15.0 Å². The van der Waals surface area contributed by atoms with Gasteiger partial charge in [-0.1, -0.05) is 18.2 Å². The van der Waals surface area contributed by atoms with Gasteiger partial charge in [-0.3, -0.25) is 4.79 Å². The van der Waals surface area contributed by atoms with Crippen molar-refractivity contribution in [2.24, 2.45) is 0 Å². The molecule has 4 nitrogen and oxygen atoms in total. The van der Waals surface area contributed by atoms with Gasteiger partial charge in [0.05, 0.1) is 7.11 Å². The molecule has 4 heteroatoms. The molecular formula is C20H24N2O2. The van der Waals surface area contributed by atoms with Gasteiger partial charge in [0.2, 0.25) is 5.91 Å². The molecule has 0 aliphatic carbocycles. The lowest BCUT2D eigenvalue weighted by atomic mass is 10.1. The van der Waals surface area contributed by atoms with Crippen molar-refractivity contribution >= 4 is 17.7 Å². The number of carbonyl (C=O) groups is 1. The van der Waals surface area contributed by atoms with E-state index in [-0.39, 0.29) is 5.91 Å². The highest BCUT2D eigenvalue weighted by atomic mass is 16.5. The maximum atomic E-state index is 12.0. The molecule has 0 aliphatic rings. The highest BCUT2D eigenvalue weighted by Gasteiger charge is 2.03. The molecule has 2 aromatic rings. The van der Waals surface area contributed by atoms with Gasteiger partial charge in [-0.2, -0.15) is 0 Å². The number of nitrogens with zero attached hydrogens (tertiary/aromatic N) is 1. The van der Waals surface area contributed by atoms with Crippen LogP contribution in [0.4, 0.5) is 5.69 Å². The Morgan fingerprint density at radius 2 is 2.00 bits per heavy atom. The Morgan fingerprint density at radius 3 is 2.67 bits per heavy atom. The SMILES string of the molecule is COc1cccc(/C=C/C(=O)NCc2ccc(N(C)C)cc2C)c1. The molecule has 1 amide bonds. The second kappa shape index (κ2) is 8.20. The first-order chi connectivity index (χ1) is 11.5. The highest BCUT2D eigenvalue weighted by molar-refractivity contribution is 5.91. The van der Waals surface area contributed by atoms with Crippen molar-refractivity contribution in [3.63, 3.8) is 0 Å². The summed E-state index contributed by atoms with van der Waals surface area (Å²) in [4.78, 5) is 14.1. The number of methoxy groups -OCH3 is 1. The van der Waals surface area contributed by atoms with Crippen LogP contribution in [0.3, 0.4) is 0 Å². The molecule has 0 spiro atoms. The fourth-order valence-corrected chi connectivity index (χ4v) is 2.31. The van der Waals surface area contributed by atoms with Crippen LogP contribution in [0.1, 0.15) is 16.7 Å². The summed E-state index contributed by atoms with van der Waals surface area (Å²) in [7, 11) is 5.65. The van der Waals surface area contributed by atoms with Crippen LogP contribution in [0.15, 0.2) is 48.5 Å². The van der Waals surface area contributed by atoms with E-state index in [1.165, 1.54) is 11.6 Å². The van der Waals surface area contributed by atoms with Gasteiger partial charge in [0.15, 0.2) is 0 Å². The molecule has 0 bridgehead atoms. The predicted octanol–water partition coefficient (Wildman–Crippen LogP) is 3.40. The van der Waals surface area contributed by atoms with Crippen molar-refractivity contribution < 1.29 is 9.53 Å². The monoisotopic (exact) mass is 324 g/mol. The number of benzene rings is 2. The van der Waals surface area contributed by atoms with Crippen molar-refractivity contribution in [1.82, 2.24) is 5.32 Å². The zero-order valence-corrected chi connectivity index (χ0v) is 14.7. The minimum absolute atomic E-state index is 0.117. The quantitative estimate of drug-likeness (QED) is 0.828. The van der Waals surface area contributed by atoms with Crippen molar-refractivity contribution in [2.45, 2.75) is 13.5 Å². The zero-order valence-electron chi connectivity index (χ0n) is 14.7. The molecule has 0 saturated carbocycles. The molecule has 2 aromatic carbocycles. The van der Waals surface area contributed by atoms with Gasteiger partial charge in [0.25, 0.3) is 0 Å². The number of amides is 1. The Hall–Kier alpha value is -2.75. The Bertz CT molecular complexity index is 736. The molecule has 0 atom stereocenters. The lowest BCUT2D eigenvalue weighted by Gasteiger charge is -2.15. The molecule has 0 radical (unpaired) electrons. The second-order valence-corrected chi connectivity index (χ2v) is 5.83. The molecule has 2 rings (SSSR count). The number of nitrogens with one attached hydrogen (secondary N) is 1. The fourth-order valence-electron chi connectivity index (χ4n) is 2.31. The third-order valence-electron chi connectivity index (χ3n) is 3.82. The summed E-state index contributed by atoms with van der Waals surface area (Å²) in [5.41, 5.74) is 4.36. The molecule has 0 fully saturated rings. The van der Waals surface area contributed by atoms with E-state index in [2.05, 4.69) is 35.3 Å². The number of anilines is 1. The van der Waals surface area contributed by atoms with Gasteiger partial charge in [0.1, 0.15) is 5.75 Å². The van der Waals surface area contributed by atoms with Crippen LogP contribution in [-0.4, -0.2) is 27.1 Å². The minimum atomic E-state index is -0.117. The Balaban J connectivity index is 1.94. The van der Waals surface area contributed by atoms with Gasteiger partial charge in [-0.05, 0) is 54.0 Å². The standard InChI is InChI=1S/C20H24N2O2/c1-15-12-18(22(2)3)10-9-17(15)14-21-20(23)11-8-16-6-5-7-19(13-16)24-4/h5-13H,14H2,1-4H3,(H,21,23)/b11-8+. The number of aryl methyl sites for hydroxylation is 1. The minimum Gasteiger partial charge on any atom is -0.497 e.